The largest absolute Gasteiger partial charge is 0.106 e. The predicted octanol–water partition coefficient (Wildman–Crippen LogP) is 5.43. The van der Waals surface area contributed by atoms with Crippen molar-refractivity contribution in [3.63, 3.8) is 0 Å². The Hall–Kier alpha value is -1.22. The Balaban J connectivity index is 0.00000137. The average molecular weight is 244 g/mol. The molecule has 0 spiro atoms. The Labute approximate surface area is 114 Å². The second-order valence-electron chi connectivity index (χ2n) is 5.69. The lowest BCUT2D eigenvalue weighted by Gasteiger charge is -2.32. The molecule has 0 radical (unpaired) electrons. The number of hydrogen-bond acceptors (Lipinski definition) is 0. The van der Waals surface area contributed by atoms with Gasteiger partial charge < -0.3 is 0 Å². The van der Waals surface area contributed by atoms with Gasteiger partial charge in [-0.3, -0.25) is 0 Å². The Morgan fingerprint density at radius 2 is 1.44 bits per heavy atom. The van der Waals surface area contributed by atoms with Crippen LogP contribution in [0.15, 0.2) is 30.3 Å². The molecule has 0 fully saturated rings. The summed E-state index contributed by atoms with van der Waals surface area (Å²) in [6, 6.07) is 10.7. The van der Waals surface area contributed by atoms with Crippen molar-refractivity contribution in [2.75, 3.05) is 0 Å². The smallest absolute Gasteiger partial charge is 0.0266 e. The maximum absolute atomic E-state index is 3.30. The zero-order valence-corrected chi connectivity index (χ0v) is 13.1. The summed E-state index contributed by atoms with van der Waals surface area (Å²) in [6.45, 7) is 14.9. The molecule has 0 N–H and O–H groups in total. The van der Waals surface area contributed by atoms with Crippen LogP contribution in [-0.2, 0) is 5.41 Å². The molecular weight excluding hydrogens is 216 g/mol. The minimum atomic E-state index is 0.0775. The van der Waals surface area contributed by atoms with Crippen molar-refractivity contribution in [2.45, 2.75) is 60.3 Å². The van der Waals surface area contributed by atoms with Gasteiger partial charge in [0.05, 0.1) is 0 Å². The lowest BCUT2D eigenvalue weighted by Crippen LogP contribution is -2.25. The summed E-state index contributed by atoms with van der Waals surface area (Å²) in [4.78, 5) is 0. The summed E-state index contributed by atoms with van der Waals surface area (Å²) < 4.78 is 0. The van der Waals surface area contributed by atoms with Crippen molar-refractivity contribution < 1.29 is 0 Å². The lowest BCUT2D eigenvalue weighted by molar-refractivity contribution is 0.333. The van der Waals surface area contributed by atoms with Gasteiger partial charge in [0.25, 0.3) is 0 Å². The Bertz CT molecular complexity index is 385. The van der Waals surface area contributed by atoms with Crippen LogP contribution in [0.4, 0.5) is 0 Å². The van der Waals surface area contributed by atoms with E-state index in [2.05, 4.69) is 69.9 Å². The minimum Gasteiger partial charge on any atom is -0.106 e. The molecule has 0 amide bonds. The van der Waals surface area contributed by atoms with E-state index in [1.807, 2.05) is 20.8 Å². The third kappa shape index (κ3) is 5.41. The van der Waals surface area contributed by atoms with Crippen molar-refractivity contribution in [1.82, 2.24) is 0 Å². The molecule has 1 rings (SSSR count). The molecule has 100 valence electrons. The fraction of sp³-hybridized carbons (Fsp3) is 0.556. The van der Waals surface area contributed by atoms with Crippen LogP contribution in [0, 0.1) is 17.3 Å². The summed E-state index contributed by atoms with van der Waals surface area (Å²) in [5.74, 6) is 6.33. The van der Waals surface area contributed by atoms with Gasteiger partial charge in [0, 0.05) is 5.41 Å². The minimum absolute atomic E-state index is 0.0775. The fourth-order valence-electron chi connectivity index (χ4n) is 2.48. The first-order valence-corrected chi connectivity index (χ1v) is 6.87. The third-order valence-corrected chi connectivity index (χ3v) is 2.90. The van der Waals surface area contributed by atoms with Crippen LogP contribution in [-0.4, -0.2) is 0 Å². The topological polar surface area (TPSA) is 0 Å². The molecule has 0 saturated carbocycles. The summed E-state index contributed by atoms with van der Waals surface area (Å²) in [6.07, 6.45) is 1.07. The highest BCUT2D eigenvalue weighted by Gasteiger charge is 2.28. The quantitative estimate of drug-likeness (QED) is 0.622. The van der Waals surface area contributed by atoms with Crippen molar-refractivity contribution in [3.8, 4) is 11.8 Å². The molecule has 0 saturated heterocycles. The van der Waals surface area contributed by atoms with Gasteiger partial charge in [0.2, 0.25) is 0 Å². The van der Waals surface area contributed by atoms with Crippen molar-refractivity contribution in [1.29, 1.82) is 0 Å². The third-order valence-electron chi connectivity index (χ3n) is 2.90. The van der Waals surface area contributed by atoms with E-state index in [9.17, 15) is 0 Å². The molecule has 0 bridgehead atoms. The van der Waals surface area contributed by atoms with Gasteiger partial charge in [-0.2, -0.15) is 0 Å². The van der Waals surface area contributed by atoms with Crippen molar-refractivity contribution in [2.24, 2.45) is 5.41 Å². The van der Waals surface area contributed by atoms with E-state index in [1.165, 1.54) is 5.56 Å². The van der Waals surface area contributed by atoms with Crippen LogP contribution in [0.5, 0.6) is 0 Å². The Kier molecular flexibility index (Phi) is 6.77. The SMILES string of the molecule is CC.CC#CC(C)(C)CC(C)(C)c1ccccc1. The molecule has 0 nitrogen and oxygen atoms in total. The van der Waals surface area contributed by atoms with E-state index < -0.39 is 0 Å². The molecular formula is C18H28. The van der Waals surface area contributed by atoms with E-state index in [0.29, 0.717) is 0 Å². The first-order chi connectivity index (χ1) is 8.37. The predicted molar refractivity (Wildman–Crippen MR) is 82.7 cm³/mol. The highest BCUT2D eigenvalue weighted by molar-refractivity contribution is 5.25. The van der Waals surface area contributed by atoms with Gasteiger partial charge in [-0.25, -0.2) is 0 Å². The van der Waals surface area contributed by atoms with Gasteiger partial charge in [-0.15, -0.1) is 5.92 Å². The Morgan fingerprint density at radius 1 is 0.944 bits per heavy atom. The monoisotopic (exact) mass is 244 g/mol. The molecule has 0 heteroatoms. The normalized spacial score (nSPS) is 10.8. The van der Waals surface area contributed by atoms with Crippen LogP contribution < -0.4 is 0 Å². The van der Waals surface area contributed by atoms with E-state index in [-0.39, 0.29) is 10.8 Å². The maximum atomic E-state index is 3.30. The average Bonchev–Trinajstić information content (AvgIpc) is 2.31. The summed E-state index contributed by atoms with van der Waals surface area (Å²) >= 11 is 0. The summed E-state index contributed by atoms with van der Waals surface area (Å²) in [5.41, 5.74) is 1.64. The van der Waals surface area contributed by atoms with Crippen molar-refractivity contribution >= 4 is 0 Å². The molecule has 1 aromatic carbocycles. The van der Waals surface area contributed by atoms with Gasteiger partial charge in [0.1, 0.15) is 0 Å². The van der Waals surface area contributed by atoms with E-state index >= 15 is 0 Å². The molecule has 0 aliphatic carbocycles. The molecule has 0 aliphatic rings. The molecule has 1 aromatic rings. The summed E-state index contributed by atoms with van der Waals surface area (Å²) in [5, 5.41) is 0. The fourth-order valence-corrected chi connectivity index (χ4v) is 2.48. The molecule has 0 unspecified atom stereocenters. The zero-order valence-electron chi connectivity index (χ0n) is 13.1. The summed E-state index contributed by atoms with van der Waals surface area (Å²) in [7, 11) is 0. The molecule has 0 atom stereocenters. The van der Waals surface area contributed by atoms with Crippen LogP contribution in [0.3, 0.4) is 0 Å². The highest BCUT2D eigenvalue weighted by atomic mass is 14.3. The standard InChI is InChI=1S/C16H22.C2H6/c1-6-12-15(2,3)13-16(4,5)14-10-8-7-9-11-14;1-2/h7-11H,13H2,1-5H3;1-2H3. The zero-order chi connectivity index (χ0) is 14.2. The van der Waals surface area contributed by atoms with Crippen LogP contribution in [0.2, 0.25) is 0 Å². The van der Waals surface area contributed by atoms with Crippen LogP contribution in [0.1, 0.15) is 60.5 Å². The van der Waals surface area contributed by atoms with Gasteiger partial charge in [0.15, 0.2) is 0 Å². The van der Waals surface area contributed by atoms with Crippen LogP contribution >= 0.6 is 0 Å². The van der Waals surface area contributed by atoms with Crippen molar-refractivity contribution in [3.05, 3.63) is 35.9 Å². The second-order valence-corrected chi connectivity index (χ2v) is 5.69. The maximum Gasteiger partial charge on any atom is 0.0266 e. The molecule has 18 heavy (non-hydrogen) atoms. The number of hydrogen-bond donors (Lipinski definition) is 0. The van der Waals surface area contributed by atoms with Crippen LogP contribution in [0.25, 0.3) is 0 Å². The van der Waals surface area contributed by atoms with E-state index in [4.69, 9.17) is 0 Å². The van der Waals surface area contributed by atoms with E-state index in [0.717, 1.165) is 6.42 Å². The lowest BCUT2D eigenvalue weighted by atomic mass is 9.72. The first-order valence-electron chi connectivity index (χ1n) is 6.87. The molecule has 0 aliphatic heterocycles. The highest BCUT2D eigenvalue weighted by Crippen LogP contribution is 2.35. The molecule has 0 aromatic heterocycles. The molecule has 0 heterocycles. The Morgan fingerprint density at radius 3 is 1.89 bits per heavy atom. The van der Waals surface area contributed by atoms with Gasteiger partial charge in [-0.05, 0) is 38.2 Å². The van der Waals surface area contributed by atoms with Gasteiger partial charge in [-0.1, -0.05) is 63.9 Å². The van der Waals surface area contributed by atoms with Gasteiger partial charge >= 0.3 is 0 Å². The second kappa shape index (κ2) is 7.27. The first kappa shape index (κ1) is 16.8. The number of benzene rings is 1. The van der Waals surface area contributed by atoms with E-state index in [1.54, 1.807) is 0 Å². The number of rotatable bonds is 3.